The van der Waals surface area contributed by atoms with Gasteiger partial charge < -0.3 is 5.11 Å². The molecule has 2 N–H and O–H groups in total. The summed E-state index contributed by atoms with van der Waals surface area (Å²) in [6.07, 6.45) is 4.12. The number of hydrogen-bond acceptors (Lipinski definition) is 3. The first-order chi connectivity index (χ1) is 9.31. The molecule has 1 rings (SSSR count). The highest BCUT2D eigenvalue weighted by Crippen LogP contribution is 2.30. The molecule has 0 fully saturated rings. The number of aromatic carboxylic acids is 1. The SMILES string of the molecule is C/C=C/CCNS(=O)(=O)c1ccc(Cl)c(C(=O)O)c1Cl. The van der Waals surface area contributed by atoms with Crippen LogP contribution in [0.3, 0.4) is 0 Å². The van der Waals surface area contributed by atoms with Crippen LogP contribution in [-0.2, 0) is 10.0 Å². The minimum Gasteiger partial charge on any atom is -0.478 e. The van der Waals surface area contributed by atoms with Crippen LogP contribution in [0.15, 0.2) is 29.2 Å². The van der Waals surface area contributed by atoms with E-state index in [-0.39, 0.29) is 16.5 Å². The molecule has 8 heteroatoms. The Kier molecular flexibility index (Phi) is 6.01. The molecule has 0 bridgehead atoms. The van der Waals surface area contributed by atoms with Crippen molar-refractivity contribution in [2.45, 2.75) is 18.2 Å². The van der Waals surface area contributed by atoms with Crippen molar-refractivity contribution in [3.63, 3.8) is 0 Å². The minimum atomic E-state index is -3.88. The van der Waals surface area contributed by atoms with Gasteiger partial charge in [-0.25, -0.2) is 17.9 Å². The summed E-state index contributed by atoms with van der Waals surface area (Å²) in [4.78, 5) is 10.7. The van der Waals surface area contributed by atoms with Crippen molar-refractivity contribution in [3.05, 3.63) is 39.9 Å². The fraction of sp³-hybridized carbons (Fsp3) is 0.250. The van der Waals surface area contributed by atoms with E-state index in [9.17, 15) is 13.2 Å². The summed E-state index contributed by atoms with van der Waals surface area (Å²) < 4.78 is 26.4. The molecule has 0 heterocycles. The molecule has 20 heavy (non-hydrogen) atoms. The van der Waals surface area contributed by atoms with Gasteiger partial charge in [-0.15, -0.1) is 0 Å². The maximum atomic E-state index is 12.0. The van der Waals surface area contributed by atoms with Gasteiger partial charge in [-0.3, -0.25) is 0 Å². The van der Waals surface area contributed by atoms with E-state index in [1.807, 2.05) is 6.92 Å². The molecular formula is C12H13Cl2NO4S. The van der Waals surface area contributed by atoms with Crippen molar-refractivity contribution < 1.29 is 18.3 Å². The summed E-state index contributed by atoms with van der Waals surface area (Å²) in [5, 5.41) is 8.47. The molecule has 0 aliphatic rings. The van der Waals surface area contributed by atoms with E-state index >= 15 is 0 Å². The van der Waals surface area contributed by atoms with Crippen molar-refractivity contribution >= 4 is 39.2 Å². The number of allylic oxidation sites excluding steroid dienone is 1. The van der Waals surface area contributed by atoms with E-state index < -0.39 is 26.6 Å². The number of halogens is 2. The van der Waals surface area contributed by atoms with Crippen LogP contribution in [0.4, 0.5) is 0 Å². The highest BCUT2D eigenvalue weighted by molar-refractivity contribution is 7.89. The number of benzene rings is 1. The van der Waals surface area contributed by atoms with Gasteiger partial charge in [-0.2, -0.15) is 0 Å². The van der Waals surface area contributed by atoms with Gasteiger partial charge in [-0.05, 0) is 25.5 Å². The Hall–Kier alpha value is -1.08. The number of rotatable bonds is 6. The van der Waals surface area contributed by atoms with Gasteiger partial charge in [0, 0.05) is 6.54 Å². The van der Waals surface area contributed by atoms with Crippen LogP contribution in [0.5, 0.6) is 0 Å². The van der Waals surface area contributed by atoms with Gasteiger partial charge in [0.25, 0.3) is 0 Å². The second-order valence-electron chi connectivity index (χ2n) is 3.80. The molecule has 5 nitrogen and oxygen atoms in total. The lowest BCUT2D eigenvalue weighted by molar-refractivity contribution is 0.0697. The van der Waals surface area contributed by atoms with Gasteiger partial charge in [0.05, 0.1) is 15.6 Å². The predicted molar refractivity (Wildman–Crippen MR) is 78.0 cm³/mol. The summed E-state index contributed by atoms with van der Waals surface area (Å²) in [5.74, 6) is -1.38. The molecule has 0 atom stereocenters. The van der Waals surface area contributed by atoms with Gasteiger partial charge in [0.2, 0.25) is 10.0 Å². The predicted octanol–water partition coefficient (Wildman–Crippen LogP) is 2.94. The first-order valence-electron chi connectivity index (χ1n) is 5.63. The average molecular weight is 338 g/mol. The first kappa shape index (κ1) is 17.0. The van der Waals surface area contributed by atoms with Crippen LogP contribution in [-0.4, -0.2) is 26.0 Å². The van der Waals surface area contributed by atoms with Gasteiger partial charge in [0.1, 0.15) is 4.90 Å². The molecule has 0 saturated heterocycles. The van der Waals surface area contributed by atoms with Crippen molar-refractivity contribution in [2.24, 2.45) is 0 Å². The average Bonchev–Trinajstić information content (AvgIpc) is 2.34. The Bertz CT molecular complexity index is 641. The van der Waals surface area contributed by atoms with E-state index in [1.165, 1.54) is 12.1 Å². The van der Waals surface area contributed by atoms with Crippen LogP contribution >= 0.6 is 23.2 Å². The number of carboxylic acid groups (broad SMARTS) is 1. The van der Waals surface area contributed by atoms with Crippen LogP contribution in [0.25, 0.3) is 0 Å². The van der Waals surface area contributed by atoms with Crippen LogP contribution in [0, 0.1) is 0 Å². The third kappa shape index (κ3) is 3.96. The number of sulfonamides is 1. The monoisotopic (exact) mass is 337 g/mol. The Labute approximate surface area is 127 Å². The van der Waals surface area contributed by atoms with E-state index in [4.69, 9.17) is 28.3 Å². The minimum absolute atomic E-state index is 0.115. The molecule has 0 radical (unpaired) electrons. The topological polar surface area (TPSA) is 83.5 Å². The quantitative estimate of drug-likeness (QED) is 0.617. The van der Waals surface area contributed by atoms with Crippen molar-refractivity contribution in [2.75, 3.05) is 6.54 Å². The zero-order chi connectivity index (χ0) is 15.3. The summed E-state index contributed by atoms with van der Waals surface area (Å²) in [7, 11) is -3.88. The van der Waals surface area contributed by atoms with Crippen LogP contribution < -0.4 is 4.72 Å². The van der Waals surface area contributed by atoms with Crippen molar-refractivity contribution in [1.29, 1.82) is 0 Å². The molecule has 0 amide bonds. The summed E-state index contributed by atoms with van der Waals surface area (Å²) in [6, 6.07) is 2.37. The third-order valence-corrected chi connectivity index (χ3v) is 4.72. The maximum Gasteiger partial charge on any atom is 0.338 e. The molecule has 0 aromatic heterocycles. The van der Waals surface area contributed by atoms with E-state index in [1.54, 1.807) is 12.2 Å². The van der Waals surface area contributed by atoms with Gasteiger partial charge >= 0.3 is 5.97 Å². The Morgan fingerprint density at radius 1 is 1.40 bits per heavy atom. The van der Waals surface area contributed by atoms with Crippen molar-refractivity contribution in [1.82, 2.24) is 4.72 Å². The van der Waals surface area contributed by atoms with Crippen LogP contribution in [0.1, 0.15) is 23.7 Å². The molecule has 0 unspecified atom stereocenters. The standard InChI is InChI=1S/C12H13Cl2NO4S/c1-2-3-4-7-15-20(18,19)9-6-5-8(13)10(11(9)14)12(16)17/h2-3,5-6,15H,4,7H2,1H3,(H,16,17)/b3-2+. The summed E-state index contributed by atoms with van der Waals surface area (Å²) in [5.41, 5.74) is -0.426. The second kappa shape index (κ2) is 7.08. The van der Waals surface area contributed by atoms with Gasteiger partial charge in [-0.1, -0.05) is 35.4 Å². The zero-order valence-electron chi connectivity index (χ0n) is 10.6. The van der Waals surface area contributed by atoms with E-state index in [0.717, 1.165) is 0 Å². The van der Waals surface area contributed by atoms with Gasteiger partial charge in [0.15, 0.2) is 0 Å². The lowest BCUT2D eigenvalue weighted by atomic mass is 10.2. The third-order valence-electron chi connectivity index (χ3n) is 2.40. The Morgan fingerprint density at radius 2 is 2.05 bits per heavy atom. The summed E-state index contributed by atoms with van der Waals surface area (Å²) in [6.45, 7) is 2.01. The highest BCUT2D eigenvalue weighted by atomic mass is 35.5. The maximum absolute atomic E-state index is 12.0. The number of nitrogens with one attached hydrogen (secondary N) is 1. The first-order valence-corrected chi connectivity index (χ1v) is 7.87. The molecule has 0 spiro atoms. The zero-order valence-corrected chi connectivity index (χ0v) is 12.9. The largest absolute Gasteiger partial charge is 0.478 e. The highest BCUT2D eigenvalue weighted by Gasteiger charge is 2.24. The smallest absolute Gasteiger partial charge is 0.338 e. The fourth-order valence-corrected chi connectivity index (χ4v) is 3.42. The van der Waals surface area contributed by atoms with Crippen molar-refractivity contribution in [3.8, 4) is 0 Å². The lowest BCUT2D eigenvalue weighted by Gasteiger charge is -2.10. The molecule has 0 aliphatic carbocycles. The molecule has 1 aromatic carbocycles. The Morgan fingerprint density at radius 3 is 2.60 bits per heavy atom. The molecule has 0 saturated carbocycles. The molecule has 110 valence electrons. The normalized spacial score (nSPS) is 11.9. The van der Waals surface area contributed by atoms with Crippen LogP contribution in [0.2, 0.25) is 10.0 Å². The van der Waals surface area contributed by atoms with E-state index in [0.29, 0.717) is 6.42 Å². The molecular weight excluding hydrogens is 325 g/mol. The number of hydrogen-bond donors (Lipinski definition) is 2. The summed E-state index contributed by atoms with van der Waals surface area (Å²) >= 11 is 11.5. The Balaban J connectivity index is 3.13. The fourth-order valence-electron chi connectivity index (χ4n) is 1.46. The second-order valence-corrected chi connectivity index (χ2v) is 6.32. The van der Waals surface area contributed by atoms with E-state index in [2.05, 4.69) is 4.72 Å². The number of carbonyl (C=O) groups is 1. The molecule has 1 aromatic rings. The lowest BCUT2D eigenvalue weighted by Crippen LogP contribution is -2.25. The molecule has 0 aliphatic heterocycles. The number of carboxylic acids is 1.